The monoisotopic (exact) mass is 482 g/mol. The van der Waals surface area contributed by atoms with Crippen LogP contribution in [-0.4, -0.2) is 52.7 Å². The third-order valence-corrected chi connectivity index (χ3v) is 7.55. The molecular weight excluding hydrogens is 456 g/mol. The molecular formula is C21H26N2O7S2. The van der Waals surface area contributed by atoms with Crippen molar-refractivity contribution in [1.29, 1.82) is 0 Å². The average molecular weight is 483 g/mol. The second kappa shape index (κ2) is 11.1. The lowest BCUT2D eigenvalue weighted by atomic mass is 10.1. The number of hydrogen-bond acceptors (Lipinski definition) is 8. The summed E-state index contributed by atoms with van der Waals surface area (Å²) in [6, 6.07) is 6.02. The van der Waals surface area contributed by atoms with E-state index in [0.717, 1.165) is 11.3 Å². The Morgan fingerprint density at radius 3 is 2.34 bits per heavy atom. The Morgan fingerprint density at radius 1 is 1.12 bits per heavy atom. The second-order valence-corrected chi connectivity index (χ2v) is 9.84. The molecule has 2 amide bonds. The molecule has 11 heteroatoms. The number of amides is 2. The summed E-state index contributed by atoms with van der Waals surface area (Å²) in [4.78, 5) is 37.2. The number of carbonyl (C=O) groups excluding carboxylic acids is 3. The number of methoxy groups -OCH3 is 1. The molecule has 1 aromatic heterocycles. The van der Waals surface area contributed by atoms with Gasteiger partial charge in [0.25, 0.3) is 5.91 Å². The third kappa shape index (κ3) is 6.07. The quantitative estimate of drug-likeness (QED) is 0.498. The van der Waals surface area contributed by atoms with Crippen LogP contribution in [0.5, 0.6) is 5.75 Å². The van der Waals surface area contributed by atoms with E-state index in [1.807, 2.05) is 0 Å². The SMILES string of the molecule is CCOC(=O)c1sc(NC(=O)CCCS(=O)(=O)c2ccc(OC)cc2)c(C(=O)NC)c1C. The van der Waals surface area contributed by atoms with Gasteiger partial charge in [0.05, 0.1) is 29.9 Å². The van der Waals surface area contributed by atoms with Gasteiger partial charge < -0.3 is 20.1 Å². The Morgan fingerprint density at radius 2 is 1.78 bits per heavy atom. The van der Waals surface area contributed by atoms with Crippen LogP contribution >= 0.6 is 11.3 Å². The van der Waals surface area contributed by atoms with E-state index < -0.39 is 27.6 Å². The maximum absolute atomic E-state index is 12.5. The zero-order valence-corrected chi connectivity index (χ0v) is 19.9. The minimum atomic E-state index is -3.56. The fraction of sp³-hybridized carbons (Fsp3) is 0.381. The molecule has 0 aliphatic rings. The maximum atomic E-state index is 12.5. The molecule has 2 rings (SSSR count). The molecule has 0 radical (unpaired) electrons. The summed E-state index contributed by atoms with van der Waals surface area (Å²) in [6.07, 6.45) is 0.0127. The van der Waals surface area contributed by atoms with E-state index in [1.165, 1.54) is 26.3 Å². The third-order valence-electron chi connectivity index (χ3n) is 4.55. The lowest BCUT2D eigenvalue weighted by molar-refractivity contribution is -0.116. The molecule has 0 aliphatic carbocycles. The Hall–Kier alpha value is -2.92. The molecule has 0 saturated heterocycles. The van der Waals surface area contributed by atoms with Gasteiger partial charge in [0.15, 0.2) is 9.84 Å². The highest BCUT2D eigenvalue weighted by molar-refractivity contribution is 7.91. The lowest BCUT2D eigenvalue weighted by Crippen LogP contribution is -2.21. The van der Waals surface area contributed by atoms with Crippen molar-refractivity contribution in [2.75, 3.05) is 31.8 Å². The minimum Gasteiger partial charge on any atom is -0.497 e. The van der Waals surface area contributed by atoms with Crippen LogP contribution in [-0.2, 0) is 19.4 Å². The van der Waals surface area contributed by atoms with Crippen molar-refractivity contribution in [2.24, 2.45) is 0 Å². The molecule has 32 heavy (non-hydrogen) atoms. The smallest absolute Gasteiger partial charge is 0.348 e. The van der Waals surface area contributed by atoms with Gasteiger partial charge in [-0.2, -0.15) is 0 Å². The number of anilines is 1. The van der Waals surface area contributed by atoms with Crippen LogP contribution in [0.1, 0.15) is 45.4 Å². The molecule has 0 aliphatic heterocycles. The topological polar surface area (TPSA) is 128 Å². The Kier molecular flexibility index (Phi) is 8.79. The van der Waals surface area contributed by atoms with Crippen LogP contribution in [0.25, 0.3) is 0 Å². The van der Waals surface area contributed by atoms with Gasteiger partial charge in [-0.1, -0.05) is 0 Å². The van der Waals surface area contributed by atoms with Gasteiger partial charge in [0.2, 0.25) is 5.91 Å². The number of benzene rings is 1. The van der Waals surface area contributed by atoms with Gasteiger partial charge in [-0.05, 0) is 50.1 Å². The van der Waals surface area contributed by atoms with E-state index >= 15 is 0 Å². The van der Waals surface area contributed by atoms with Crippen LogP contribution < -0.4 is 15.4 Å². The van der Waals surface area contributed by atoms with E-state index in [-0.39, 0.29) is 45.5 Å². The van der Waals surface area contributed by atoms with E-state index in [1.54, 1.807) is 26.0 Å². The van der Waals surface area contributed by atoms with Crippen molar-refractivity contribution >= 4 is 44.0 Å². The Labute approximate surface area is 191 Å². The number of carbonyl (C=O) groups is 3. The fourth-order valence-electron chi connectivity index (χ4n) is 2.90. The molecule has 2 N–H and O–H groups in total. The predicted molar refractivity (Wildman–Crippen MR) is 121 cm³/mol. The van der Waals surface area contributed by atoms with Crippen LogP contribution in [0.4, 0.5) is 5.00 Å². The van der Waals surface area contributed by atoms with Crippen LogP contribution in [0.2, 0.25) is 0 Å². The first kappa shape index (κ1) is 25.3. The molecule has 0 atom stereocenters. The summed E-state index contributed by atoms with van der Waals surface area (Å²) >= 11 is 0.948. The van der Waals surface area contributed by atoms with Gasteiger partial charge in [-0.3, -0.25) is 9.59 Å². The molecule has 0 unspecified atom stereocenters. The largest absolute Gasteiger partial charge is 0.497 e. The van der Waals surface area contributed by atoms with Gasteiger partial charge in [-0.15, -0.1) is 11.3 Å². The minimum absolute atomic E-state index is 0.0751. The average Bonchev–Trinajstić information content (AvgIpc) is 3.09. The molecule has 0 saturated carbocycles. The van der Waals surface area contributed by atoms with Crippen molar-refractivity contribution in [3.8, 4) is 5.75 Å². The van der Waals surface area contributed by atoms with E-state index in [2.05, 4.69) is 10.6 Å². The predicted octanol–water partition coefficient (Wildman–Crippen LogP) is 2.79. The van der Waals surface area contributed by atoms with Gasteiger partial charge in [-0.25, -0.2) is 13.2 Å². The molecule has 0 fully saturated rings. The van der Waals surface area contributed by atoms with E-state index in [0.29, 0.717) is 11.3 Å². The molecule has 9 nitrogen and oxygen atoms in total. The van der Waals surface area contributed by atoms with Crippen molar-refractivity contribution in [3.63, 3.8) is 0 Å². The first-order valence-electron chi connectivity index (χ1n) is 9.83. The number of ether oxygens (including phenoxy) is 2. The van der Waals surface area contributed by atoms with Crippen LogP contribution in [0.3, 0.4) is 0 Å². The van der Waals surface area contributed by atoms with Crippen molar-refractivity contribution < 1.29 is 32.3 Å². The summed E-state index contributed by atoms with van der Waals surface area (Å²) in [6.45, 7) is 3.45. The summed E-state index contributed by atoms with van der Waals surface area (Å²) in [5, 5.41) is 5.33. The molecule has 0 spiro atoms. The number of esters is 1. The number of thiophene rings is 1. The zero-order chi connectivity index (χ0) is 23.9. The molecule has 0 bridgehead atoms. The van der Waals surface area contributed by atoms with Crippen LogP contribution in [0.15, 0.2) is 29.2 Å². The maximum Gasteiger partial charge on any atom is 0.348 e. The van der Waals surface area contributed by atoms with Gasteiger partial charge >= 0.3 is 5.97 Å². The van der Waals surface area contributed by atoms with E-state index in [9.17, 15) is 22.8 Å². The van der Waals surface area contributed by atoms with Gasteiger partial charge in [0.1, 0.15) is 15.6 Å². The molecule has 2 aromatic rings. The van der Waals surface area contributed by atoms with Crippen molar-refractivity contribution in [3.05, 3.63) is 40.3 Å². The lowest BCUT2D eigenvalue weighted by Gasteiger charge is -2.08. The fourth-order valence-corrected chi connectivity index (χ4v) is 5.33. The van der Waals surface area contributed by atoms with Crippen LogP contribution in [0, 0.1) is 6.92 Å². The molecule has 1 aromatic carbocycles. The second-order valence-electron chi connectivity index (χ2n) is 6.71. The number of sulfone groups is 1. The van der Waals surface area contributed by atoms with Crippen molar-refractivity contribution in [2.45, 2.75) is 31.6 Å². The summed E-state index contributed by atoms with van der Waals surface area (Å²) in [5.41, 5.74) is 0.588. The molecule has 1 heterocycles. The first-order valence-corrected chi connectivity index (χ1v) is 12.3. The summed E-state index contributed by atoms with van der Waals surface area (Å²) in [7, 11) is -0.626. The highest BCUT2D eigenvalue weighted by Gasteiger charge is 2.26. The normalized spacial score (nSPS) is 11.0. The number of rotatable bonds is 10. The Balaban J connectivity index is 2.07. The van der Waals surface area contributed by atoms with Gasteiger partial charge in [0, 0.05) is 13.5 Å². The van der Waals surface area contributed by atoms with E-state index in [4.69, 9.17) is 9.47 Å². The summed E-state index contributed by atoms with van der Waals surface area (Å²) < 4.78 is 35.0. The standard InChI is InChI=1S/C21H26N2O7S2/c1-5-30-21(26)18-13(2)17(19(25)22-3)20(31-18)23-16(24)7-6-12-32(27,28)15-10-8-14(29-4)9-11-15/h8-11H,5-7,12H2,1-4H3,(H,22,25)(H,23,24). The summed E-state index contributed by atoms with van der Waals surface area (Å²) in [5.74, 6) is -1.16. The first-order chi connectivity index (χ1) is 15.1. The zero-order valence-electron chi connectivity index (χ0n) is 18.3. The number of hydrogen-bond donors (Lipinski definition) is 2. The Bertz CT molecular complexity index is 1090. The number of nitrogens with one attached hydrogen (secondary N) is 2. The highest BCUT2D eigenvalue weighted by Crippen LogP contribution is 2.34. The molecule has 174 valence electrons. The highest BCUT2D eigenvalue weighted by atomic mass is 32.2. The van der Waals surface area contributed by atoms with Crippen molar-refractivity contribution in [1.82, 2.24) is 5.32 Å².